The lowest BCUT2D eigenvalue weighted by Crippen LogP contribution is -2.18. The molecule has 1 atom stereocenters. The van der Waals surface area contributed by atoms with Crippen molar-refractivity contribution in [1.29, 1.82) is 0 Å². The highest BCUT2D eigenvalue weighted by molar-refractivity contribution is 6.30. The van der Waals surface area contributed by atoms with E-state index in [1.54, 1.807) is 0 Å². The zero-order valence-corrected chi connectivity index (χ0v) is 8.21. The van der Waals surface area contributed by atoms with E-state index in [1.807, 2.05) is 0 Å². The lowest BCUT2D eigenvalue weighted by Gasteiger charge is -2.17. The Labute approximate surface area is 81.6 Å². The molecule has 13 heavy (non-hydrogen) atoms. The Balaban J connectivity index is 2.33. The van der Waals surface area contributed by atoms with Crippen molar-refractivity contribution in [2.24, 2.45) is 0 Å². The third kappa shape index (κ3) is 1.40. The Morgan fingerprint density at radius 3 is 2.92 bits per heavy atom. The van der Waals surface area contributed by atoms with Gasteiger partial charge in [-0.25, -0.2) is 0 Å². The van der Waals surface area contributed by atoms with E-state index in [0.717, 1.165) is 18.5 Å². The van der Waals surface area contributed by atoms with E-state index in [4.69, 9.17) is 21.9 Å². The van der Waals surface area contributed by atoms with Crippen LogP contribution in [-0.2, 0) is 0 Å². The minimum Gasteiger partial charge on any atom is -0.367 e. The number of nitrogen functional groups attached to an aromatic ring is 1. The molecule has 1 fully saturated rings. The van der Waals surface area contributed by atoms with Crippen molar-refractivity contribution >= 4 is 17.5 Å². The Bertz CT molecular complexity index is 293. The van der Waals surface area contributed by atoms with Crippen molar-refractivity contribution in [3.63, 3.8) is 0 Å². The number of halogens is 1. The van der Waals surface area contributed by atoms with Crippen LogP contribution in [0, 0.1) is 0 Å². The number of anilines is 1. The summed E-state index contributed by atoms with van der Waals surface area (Å²) in [6.45, 7) is 1.08. The fourth-order valence-electron chi connectivity index (χ4n) is 1.87. The van der Waals surface area contributed by atoms with Gasteiger partial charge in [-0.2, -0.15) is 0 Å². The smallest absolute Gasteiger partial charge is 0.228 e. The van der Waals surface area contributed by atoms with Crippen LogP contribution >= 0.6 is 11.6 Å². The predicted octanol–water partition coefficient (Wildman–Crippen LogP) is 1.68. The van der Waals surface area contributed by atoms with Gasteiger partial charge in [-0.1, -0.05) is 16.8 Å². The number of aromatic nitrogens is 1. The van der Waals surface area contributed by atoms with Crippen LogP contribution in [0.15, 0.2) is 4.52 Å². The Morgan fingerprint density at radius 1 is 1.69 bits per heavy atom. The molecule has 5 heteroatoms. The number of rotatable bonds is 1. The maximum Gasteiger partial charge on any atom is 0.228 e. The lowest BCUT2D eigenvalue weighted by atomic mass is 10.1. The summed E-state index contributed by atoms with van der Waals surface area (Å²) in [6, 6.07) is 0.277. The maximum absolute atomic E-state index is 5.88. The number of nitrogens with two attached hydrogens (primary N) is 1. The Hall–Kier alpha value is -0.740. The Kier molecular flexibility index (Phi) is 2.17. The Morgan fingerprint density at radius 2 is 2.46 bits per heavy atom. The average Bonchev–Trinajstić information content (AvgIpc) is 2.60. The average molecular weight is 202 g/mol. The highest BCUT2D eigenvalue weighted by atomic mass is 35.5. The first-order valence-corrected chi connectivity index (χ1v) is 4.68. The fraction of sp³-hybridized carbons (Fsp3) is 0.625. The minimum atomic E-state index is 0.277. The molecule has 72 valence electrons. The van der Waals surface area contributed by atoms with Crippen molar-refractivity contribution in [3.8, 4) is 0 Å². The summed E-state index contributed by atoms with van der Waals surface area (Å²) in [6.07, 6.45) is 2.24. The molecule has 0 aromatic carbocycles. The van der Waals surface area contributed by atoms with E-state index < -0.39 is 0 Å². The van der Waals surface area contributed by atoms with Gasteiger partial charge in [0.1, 0.15) is 0 Å². The summed E-state index contributed by atoms with van der Waals surface area (Å²) in [5, 5.41) is 4.03. The number of hydrogen-bond acceptors (Lipinski definition) is 4. The molecule has 1 unspecified atom stereocenters. The molecule has 1 aliphatic rings. The van der Waals surface area contributed by atoms with E-state index in [1.165, 1.54) is 6.42 Å². The molecule has 0 saturated carbocycles. The van der Waals surface area contributed by atoms with Crippen LogP contribution in [0.1, 0.15) is 24.4 Å². The van der Waals surface area contributed by atoms with E-state index >= 15 is 0 Å². The summed E-state index contributed by atoms with van der Waals surface area (Å²) in [4.78, 5) is 2.22. The van der Waals surface area contributed by atoms with Crippen LogP contribution in [0.5, 0.6) is 0 Å². The molecule has 2 N–H and O–H groups in total. The van der Waals surface area contributed by atoms with Crippen LogP contribution in [0.4, 0.5) is 5.88 Å². The van der Waals surface area contributed by atoms with Crippen molar-refractivity contribution in [2.45, 2.75) is 18.9 Å². The molecule has 1 aliphatic heterocycles. The lowest BCUT2D eigenvalue weighted by molar-refractivity contribution is 0.317. The number of likely N-dealkylation sites (tertiary alicyclic amines) is 1. The molecule has 1 aromatic rings. The molecular formula is C8H12ClN3O. The minimum absolute atomic E-state index is 0.277. The van der Waals surface area contributed by atoms with Gasteiger partial charge in [-0.15, -0.1) is 0 Å². The summed E-state index contributed by atoms with van der Waals surface area (Å²) in [7, 11) is 2.06. The summed E-state index contributed by atoms with van der Waals surface area (Å²) < 4.78 is 4.83. The first-order chi connectivity index (χ1) is 6.20. The van der Waals surface area contributed by atoms with Gasteiger partial charge >= 0.3 is 0 Å². The molecule has 1 aromatic heterocycles. The van der Waals surface area contributed by atoms with Crippen LogP contribution < -0.4 is 5.73 Å². The zero-order chi connectivity index (χ0) is 9.42. The monoisotopic (exact) mass is 201 g/mol. The van der Waals surface area contributed by atoms with Crippen molar-refractivity contribution < 1.29 is 4.52 Å². The first kappa shape index (κ1) is 8.84. The third-order valence-corrected chi connectivity index (χ3v) is 2.84. The molecule has 4 nitrogen and oxygen atoms in total. The summed E-state index contributed by atoms with van der Waals surface area (Å²) in [5.74, 6) is 0.351. The van der Waals surface area contributed by atoms with Gasteiger partial charge in [0.05, 0.1) is 5.56 Å². The number of nitrogens with zero attached hydrogens (tertiary/aromatic N) is 2. The highest BCUT2D eigenvalue weighted by Crippen LogP contribution is 2.37. The van der Waals surface area contributed by atoms with Gasteiger partial charge in [0, 0.05) is 6.04 Å². The fourth-order valence-corrected chi connectivity index (χ4v) is 2.12. The van der Waals surface area contributed by atoms with Crippen molar-refractivity contribution in [3.05, 3.63) is 10.7 Å². The topological polar surface area (TPSA) is 55.3 Å². The summed E-state index contributed by atoms with van der Waals surface area (Å²) in [5.41, 5.74) is 6.49. The van der Waals surface area contributed by atoms with E-state index in [9.17, 15) is 0 Å². The van der Waals surface area contributed by atoms with Crippen molar-refractivity contribution in [2.75, 3.05) is 19.3 Å². The van der Waals surface area contributed by atoms with Crippen LogP contribution in [-0.4, -0.2) is 23.6 Å². The second kappa shape index (κ2) is 3.20. The standard InChI is InChI=1S/C8H12ClN3O/c1-12-4-2-3-5(12)6-7(9)11-13-8(6)10/h5H,2-4,10H2,1H3. The molecule has 0 amide bonds. The van der Waals surface area contributed by atoms with Gasteiger partial charge in [0.2, 0.25) is 5.88 Å². The van der Waals surface area contributed by atoms with E-state index in [-0.39, 0.29) is 6.04 Å². The molecule has 2 heterocycles. The first-order valence-electron chi connectivity index (χ1n) is 4.31. The van der Waals surface area contributed by atoms with Crippen LogP contribution in [0.2, 0.25) is 5.15 Å². The van der Waals surface area contributed by atoms with E-state index in [2.05, 4.69) is 17.1 Å². The molecule has 0 aliphatic carbocycles. The predicted molar refractivity (Wildman–Crippen MR) is 50.5 cm³/mol. The van der Waals surface area contributed by atoms with Gasteiger partial charge in [0.15, 0.2) is 5.15 Å². The van der Waals surface area contributed by atoms with E-state index in [0.29, 0.717) is 11.0 Å². The molecule has 1 saturated heterocycles. The largest absolute Gasteiger partial charge is 0.367 e. The summed E-state index contributed by atoms with van der Waals surface area (Å²) >= 11 is 5.88. The maximum atomic E-state index is 5.88. The quantitative estimate of drug-likeness (QED) is 0.751. The number of hydrogen-bond donors (Lipinski definition) is 1. The highest BCUT2D eigenvalue weighted by Gasteiger charge is 2.29. The van der Waals surface area contributed by atoms with Gasteiger partial charge in [0.25, 0.3) is 0 Å². The molecule has 0 spiro atoms. The van der Waals surface area contributed by atoms with Crippen LogP contribution in [0.3, 0.4) is 0 Å². The van der Waals surface area contributed by atoms with Gasteiger partial charge in [-0.05, 0) is 26.4 Å². The second-order valence-corrected chi connectivity index (χ2v) is 3.75. The molecular weight excluding hydrogens is 190 g/mol. The molecule has 2 rings (SSSR count). The van der Waals surface area contributed by atoms with Crippen molar-refractivity contribution in [1.82, 2.24) is 10.1 Å². The zero-order valence-electron chi connectivity index (χ0n) is 7.46. The third-order valence-electron chi connectivity index (χ3n) is 2.57. The second-order valence-electron chi connectivity index (χ2n) is 3.39. The normalized spacial score (nSPS) is 24.0. The molecule has 0 bridgehead atoms. The SMILES string of the molecule is CN1CCCC1c1c(Cl)noc1N. The van der Waals surface area contributed by atoms with Gasteiger partial charge in [-0.3, -0.25) is 4.90 Å². The van der Waals surface area contributed by atoms with Gasteiger partial charge < -0.3 is 10.3 Å². The van der Waals surface area contributed by atoms with Crippen LogP contribution in [0.25, 0.3) is 0 Å². The molecule has 0 radical (unpaired) electrons.